The molecule has 0 radical (unpaired) electrons. The molecular weight excluding hydrogens is 1060 g/mol. The number of cyclic esters (lactones) is 2. The van der Waals surface area contributed by atoms with E-state index in [1.165, 1.54) is 7.05 Å². The number of carbonyl (C=O) groups excluding carboxylic acids is 9. The van der Waals surface area contributed by atoms with Gasteiger partial charge in [0.1, 0.15) is 44.0 Å². The first-order valence-electron chi connectivity index (χ1n) is 24.7. The summed E-state index contributed by atoms with van der Waals surface area (Å²) in [6, 6.07) is 33.2. The Balaban J connectivity index is 0.000000264. The molecule has 4 fully saturated rings. The number of aliphatic carboxylic acids is 2. The first kappa shape index (κ1) is 65.5. The second kappa shape index (κ2) is 34.2. The second-order valence-corrected chi connectivity index (χ2v) is 17.9. The van der Waals surface area contributed by atoms with E-state index in [0.29, 0.717) is 31.0 Å². The molecule has 7 amide bonds. The number of esters is 2. The predicted octanol–water partition coefficient (Wildman–Crippen LogP) is 1.29. The Morgan fingerprint density at radius 2 is 1.00 bits per heavy atom. The van der Waals surface area contributed by atoms with Crippen LogP contribution in [0.5, 0.6) is 0 Å². The smallest absolute Gasteiger partial charge is 0.408 e. The molecule has 0 spiro atoms. The van der Waals surface area contributed by atoms with Gasteiger partial charge in [-0.2, -0.15) is 0 Å². The van der Waals surface area contributed by atoms with Crippen LogP contribution in [-0.2, 0) is 77.1 Å². The van der Waals surface area contributed by atoms with Crippen LogP contribution in [0.15, 0.2) is 121 Å². The highest BCUT2D eigenvalue weighted by molar-refractivity contribution is 6.06. The van der Waals surface area contributed by atoms with Gasteiger partial charge in [0.15, 0.2) is 0 Å². The van der Waals surface area contributed by atoms with E-state index in [2.05, 4.69) is 26.4 Å². The van der Waals surface area contributed by atoms with Crippen LogP contribution in [0.2, 0.25) is 0 Å². The minimum absolute atomic E-state index is 0.0181. The number of nitrogens with one attached hydrogen (secondary N) is 3. The van der Waals surface area contributed by atoms with Crippen molar-refractivity contribution in [3.05, 3.63) is 144 Å². The second-order valence-electron chi connectivity index (χ2n) is 17.9. The van der Waals surface area contributed by atoms with Gasteiger partial charge >= 0.3 is 48.1 Å². The number of imide groups is 1. The van der Waals surface area contributed by atoms with Crippen molar-refractivity contribution in [3.8, 4) is 0 Å². The van der Waals surface area contributed by atoms with E-state index in [9.17, 15) is 57.5 Å². The molecular formula is C54H65N8O19+. The Bertz CT molecular complexity index is 2780. The fourth-order valence-electron chi connectivity index (χ4n) is 6.97. The maximum atomic E-state index is 11.6. The van der Waals surface area contributed by atoms with Gasteiger partial charge in [0.2, 0.25) is 17.7 Å². The lowest BCUT2D eigenvalue weighted by molar-refractivity contribution is -0.413. The summed E-state index contributed by atoms with van der Waals surface area (Å²) >= 11 is 0. The molecule has 0 unspecified atom stereocenters. The Labute approximate surface area is 464 Å². The van der Waals surface area contributed by atoms with Gasteiger partial charge in [0.05, 0.1) is 43.8 Å². The maximum absolute atomic E-state index is 11.6. The Kier molecular flexibility index (Phi) is 27.7. The van der Waals surface area contributed by atoms with Crippen LogP contribution in [0, 0.1) is 0 Å². The molecule has 434 valence electrons. The Morgan fingerprint density at radius 3 is 1.30 bits per heavy atom. The lowest BCUT2D eigenvalue weighted by Gasteiger charge is -2.12. The zero-order valence-corrected chi connectivity index (χ0v) is 44.5. The van der Waals surface area contributed by atoms with Gasteiger partial charge in [-0.3, -0.25) is 38.5 Å². The molecule has 0 aliphatic carbocycles. The molecule has 4 saturated heterocycles. The van der Waals surface area contributed by atoms with E-state index in [1.807, 2.05) is 85.9 Å². The average Bonchev–Trinajstić information content (AvgIpc) is 4.14. The number of alkyl carbamates (subject to hydrolysis) is 3. The standard InChI is InChI=1S/C13H14N2O4.C13H16N2O3.C12H11NO5.C7H6O2.C5H10N2O.C4H7NO4/c1-15-11(16)7-10(12(15)17)14-13(18)19-8-9-5-3-2-4-6-9;1-15-8-11(7-12(15)16)14-13(17)18-9-10-5-3-2-4-6-10;14-10-6-9(11(15)18-10)13-12(16)17-7-8-4-2-1-3-5-8;8-7(9)6-4-2-1-3-5-6;1-7-3-4(6)2-5(7)8;5-2(4(8)9)1-3(6)7/h2-6,10H,7-8H2,1H3,(H,14,18);2-6,11H,7-9H2,1H3,(H,14,17);1-5,9H,6-7H2,(H,13,16);1-5H,(H,8,9);4H,2-3,6H2,1H3;2H,1,5H2,(H,6,7)(H,8,9)/p+1/t10-;11-;9-;;4-;2-/m000.00/s1. The number of carbonyl (C=O) groups is 12. The Hall–Kier alpha value is -9.76. The van der Waals surface area contributed by atoms with Crippen molar-refractivity contribution < 1.29 is 97.5 Å². The van der Waals surface area contributed by atoms with Crippen molar-refractivity contribution in [2.45, 2.75) is 82.1 Å². The summed E-state index contributed by atoms with van der Waals surface area (Å²) in [4.78, 5) is 135. The molecule has 0 bridgehead atoms. The van der Waals surface area contributed by atoms with Crippen molar-refractivity contribution >= 4 is 71.8 Å². The largest absolute Gasteiger partial charge is 0.481 e. The molecule has 11 N–H and O–H groups in total. The Morgan fingerprint density at radius 1 is 0.580 bits per heavy atom. The van der Waals surface area contributed by atoms with Crippen molar-refractivity contribution in [2.24, 2.45) is 5.73 Å². The number of ether oxygens (including phenoxy) is 4. The topological polar surface area (TPSA) is 402 Å². The lowest BCUT2D eigenvalue weighted by atomic mass is 10.2. The molecule has 0 aromatic heterocycles. The summed E-state index contributed by atoms with van der Waals surface area (Å²) in [5, 5.41) is 31.8. The van der Waals surface area contributed by atoms with Crippen molar-refractivity contribution in [3.63, 3.8) is 0 Å². The highest BCUT2D eigenvalue weighted by Gasteiger charge is 2.38. The molecule has 27 heteroatoms. The number of quaternary nitrogens is 1. The van der Waals surface area contributed by atoms with Gasteiger partial charge in [0.25, 0.3) is 5.91 Å². The fourth-order valence-corrected chi connectivity index (χ4v) is 6.97. The fraction of sp³-hybridized carbons (Fsp3) is 0.333. The molecule has 4 aliphatic heterocycles. The van der Waals surface area contributed by atoms with E-state index < -0.39 is 78.6 Å². The predicted molar refractivity (Wildman–Crippen MR) is 281 cm³/mol. The summed E-state index contributed by atoms with van der Waals surface area (Å²) in [6.07, 6.45) is -1.66. The quantitative estimate of drug-likeness (QED) is 0.0404. The van der Waals surface area contributed by atoms with Crippen LogP contribution in [0.3, 0.4) is 0 Å². The van der Waals surface area contributed by atoms with Crippen molar-refractivity contribution in [2.75, 3.05) is 34.2 Å². The zero-order chi connectivity index (χ0) is 60.0. The number of likely N-dealkylation sites (tertiary alicyclic amines) is 3. The first-order valence-corrected chi connectivity index (χ1v) is 24.7. The number of carboxylic acids is 3. The summed E-state index contributed by atoms with van der Waals surface area (Å²) < 4.78 is 19.3. The normalized spacial score (nSPS) is 17.9. The molecule has 4 aromatic rings. The average molecular weight is 1130 g/mol. The van der Waals surface area contributed by atoms with Crippen molar-refractivity contribution in [1.29, 1.82) is 0 Å². The van der Waals surface area contributed by atoms with Gasteiger partial charge in [-0.25, -0.2) is 24.0 Å². The zero-order valence-electron chi connectivity index (χ0n) is 44.5. The number of hydrogen-bond donors (Lipinski definition) is 8. The number of benzene rings is 4. The van der Waals surface area contributed by atoms with Gasteiger partial charge in [-0.1, -0.05) is 109 Å². The highest BCUT2D eigenvalue weighted by atomic mass is 16.6. The third-order valence-corrected chi connectivity index (χ3v) is 11.3. The van der Waals surface area contributed by atoms with Gasteiger partial charge < -0.3 is 71.5 Å². The van der Waals surface area contributed by atoms with Crippen LogP contribution in [0.1, 0.15) is 59.2 Å². The van der Waals surface area contributed by atoms with Crippen LogP contribution in [0.4, 0.5) is 14.4 Å². The number of likely N-dealkylation sites (N-methyl/N-ethyl adjacent to an activating group) is 3. The number of hydrogen-bond acceptors (Lipinski definition) is 17. The number of nitrogens with two attached hydrogens (primary N) is 1. The lowest BCUT2D eigenvalue weighted by Crippen LogP contribution is -2.61. The molecule has 27 nitrogen and oxygen atoms in total. The number of carboxylic acid groups (broad SMARTS) is 3. The molecule has 4 aliphatic rings. The van der Waals surface area contributed by atoms with Crippen LogP contribution < -0.4 is 27.4 Å². The van der Waals surface area contributed by atoms with E-state index >= 15 is 0 Å². The molecule has 4 heterocycles. The van der Waals surface area contributed by atoms with Gasteiger partial charge in [-0.15, -0.1) is 0 Å². The van der Waals surface area contributed by atoms with Crippen LogP contribution >= 0.6 is 0 Å². The van der Waals surface area contributed by atoms with Crippen LogP contribution in [0.25, 0.3) is 0 Å². The molecule has 0 saturated carbocycles. The molecule has 5 atom stereocenters. The summed E-state index contributed by atoms with van der Waals surface area (Å²) in [5.74, 6) is -5.23. The van der Waals surface area contributed by atoms with E-state index in [1.54, 1.807) is 59.3 Å². The molecule has 4 aromatic carbocycles. The minimum atomic E-state index is -1.29. The monoisotopic (exact) mass is 1130 g/mol. The maximum Gasteiger partial charge on any atom is 0.408 e. The van der Waals surface area contributed by atoms with Crippen LogP contribution in [-0.4, -0.2) is 166 Å². The SMILES string of the molecule is CN1C(=O)C[C@H](NC(=O)OCc2ccccc2)C1=O.CN1C[C@@H](NC(=O)OCc2ccccc2)CC1=O.CN1C[C@@H]([NH3+])CC1=O.N[C@@H](CC(=O)O)C(=O)O.O=C(O)c1ccccc1.O=C1C[C@H](NC(=O)OCc2ccccc2)C(=O)O1. The van der Waals surface area contributed by atoms with Crippen molar-refractivity contribution in [1.82, 2.24) is 30.7 Å². The molecule has 81 heavy (non-hydrogen) atoms. The third kappa shape index (κ3) is 25.5. The minimum Gasteiger partial charge on any atom is -0.481 e. The van der Waals surface area contributed by atoms with E-state index in [0.717, 1.165) is 28.1 Å². The summed E-state index contributed by atoms with van der Waals surface area (Å²) in [7, 11) is 4.93. The third-order valence-electron chi connectivity index (χ3n) is 11.3. The summed E-state index contributed by atoms with van der Waals surface area (Å²) in [6.45, 7) is 1.83. The number of aromatic carboxylic acids is 1. The van der Waals surface area contributed by atoms with Gasteiger partial charge in [-0.05, 0) is 28.8 Å². The van der Waals surface area contributed by atoms with E-state index in [-0.39, 0.29) is 56.4 Å². The highest BCUT2D eigenvalue weighted by Crippen LogP contribution is 2.13. The number of nitrogens with zero attached hydrogens (tertiary/aromatic N) is 3. The number of amides is 7. The van der Waals surface area contributed by atoms with Gasteiger partial charge in [0, 0.05) is 34.1 Å². The molecule has 8 rings (SSSR count). The van der Waals surface area contributed by atoms with E-state index in [4.69, 9.17) is 35.3 Å². The summed E-state index contributed by atoms with van der Waals surface area (Å²) in [5.41, 5.74) is 11.6. The number of rotatable bonds is 13. The first-order chi connectivity index (χ1) is 38.4.